The second kappa shape index (κ2) is 24.1. The molecule has 0 bridgehead atoms. The Hall–Kier alpha value is -3.19. The van der Waals surface area contributed by atoms with Crippen LogP contribution in [-0.2, 0) is 28.7 Å². The highest BCUT2D eigenvalue weighted by atomic mass is 32.2. The molecule has 17 nitrogen and oxygen atoms in total. The van der Waals surface area contributed by atoms with E-state index in [2.05, 4.69) is 21.3 Å². The predicted octanol–water partition coefficient (Wildman–Crippen LogP) is -2.06. The molecule has 2 heterocycles. The number of likely N-dealkylation sites (N-methyl/N-ethyl adjacent to an activating group) is 1. The highest BCUT2D eigenvalue weighted by Crippen LogP contribution is 2.33. The Morgan fingerprint density at radius 2 is 1.70 bits per heavy atom. The van der Waals surface area contributed by atoms with E-state index in [9.17, 15) is 33.9 Å². The number of carbonyl (C=O) groups excluding carboxylic acids is 6. The van der Waals surface area contributed by atoms with Crippen molar-refractivity contribution in [1.82, 2.24) is 36.0 Å². The number of aliphatic hydroxyl groups is 1. The van der Waals surface area contributed by atoms with Crippen molar-refractivity contribution in [2.75, 3.05) is 85.5 Å². The molecule has 1 unspecified atom stereocenters. The van der Waals surface area contributed by atoms with Crippen LogP contribution >= 0.6 is 11.8 Å². The van der Waals surface area contributed by atoms with Crippen molar-refractivity contribution in [2.45, 2.75) is 81.2 Å². The van der Waals surface area contributed by atoms with Crippen LogP contribution in [0.25, 0.3) is 0 Å². The normalized spacial score (nSPS) is 18.6. The molecule has 2 aliphatic heterocycles. The number of thioether (sulfide) groups is 1. The fourth-order valence-electron chi connectivity index (χ4n) is 5.87. The van der Waals surface area contributed by atoms with Crippen molar-refractivity contribution >= 4 is 47.3 Å². The second-order valence-electron chi connectivity index (χ2n) is 12.8. The third-order valence-corrected chi connectivity index (χ3v) is 10.2. The molecule has 2 saturated heterocycles. The summed E-state index contributed by atoms with van der Waals surface area (Å²) in [7, 11) is 3.25. The third kappa shape index (κ3) is 16.2. The number of methoxy groups -OCH3 is 1. The minimum Gasteiger partial charge on any atom is -0.395 e. The number of primary amides is 1. The first-order valence-electron chi connectivity index (χ1n) is 17.6. The zero-order valence-corrected chi connectivity index (χ0v) is 30.5. The maximum Gasteiger partial charge on any atom is 0.315 e. The summed E-state index contributed by atoms with van der Waals surface area (Å²) in [5, 5.41) is 21.3. The molecule has 7 amide bonds. The quantitative estimate of drug-likeness (QED) is 0.0358. The Kier molecular flexibility index (Phi) is 20.7. The minimum atomic E-state index is -0.965. The smallest absolute Gasteiger partial charge is 0.315 e. The van der Waals surface area contributed by atoms with Gasteiger partial charge in [0.2, 0.25) is 29.5 Å². The van der Waals surface area contributed by atoms with E-state index in [-0.39, 0.29) is 82.3 Å². The number of urea groups is 1. The average Bonchev–Trinajstić information content (AvgIpc) is 3.62. The van der Waals surface area contributed by atoms with Gasteiger partial charge in [0.15, 0.2) is 0 Å². The van der Waals surface area contributed by atoms with Crippen LogP contribution in [0.4, 0.5) is 4.79 Å². The van der Waals surface area contributed by atoms with Crippen LogP contribution in [0, 0.1) is 0 Å². The summed E-state index contributed by atoms with van der Waals surface area (Å²) >= 11 is 1.85. The summed E-state index contributed by atoms with van der Waals surface area (Å²) in [6, 6.07) is -0.720. The summed E-state index contributed by atoms with van der Waals surface area (Å²) in [4.78, 5) is 79.3. The number of amides is 7. The van der Waals surface area contributed by atoms with Gasteiger partial charge in [-0.3, -0.25) is 28.9 Å². The lowest BCUT2D eigenvalue weighted by molar-refractivity contribution is -0.143. The van der Waals surface area contributed by atoms with Crippen molar-refractivity contribution < 1.29 is 38.6 Å². The van der Waals surface area contributed by atoms with Gasteiger partial charge in [-0.25, -0.2) is 4.79 Å². The number of carbonyl (C=O) groups is 6. The molecule has 0 aliphatic carbocycles. The number of aliphatic hydroxyl groups excluding tert-OH is 1. The van der Waals surface area contributed by atoms with Gasteiger partial charge in [-0.15, -0.1) is 0 Å². The number of unbranched alkanes of at least 4 members (excludes halogenated alkanes) is 3. The van der Waals surface area contributed by atoms with E-state index in [1.54, 1.807) is 7.05 Å². The predicted molar refractivity (Wildman–Crippen MR) is 190 cm³/mol. The summed E-state index contributed by atoms with van der Waals surface area (Å²) in [5.74, 6) is -1.30. The molecule has 286 valence electrons. The number of rotatable bonds is 27. The molecule has 0 aromatic rings. The van der Waals surface area contributed by atoms with Crippen LogP contribution in [0.15, 0.2) is 0 Å². The number of hydrogen-bond acceptors (Lipinski definition) is 11. The van der Waals surface area contributed by atoms with E-state index in [0.29, 0.717) is 44.1 Å². The van der Waals surface area contributed by atoms with E-state index in [4.69, 9.17) is 16.2 Å². The Labute approximate surface area is 299 Å². The van der Waals surface area contributed by atoms with Crippen LogP contribution in [0.5, 0.6) is 0 Å². The summed E-state index contributed by atoms with van der Waals surface area (Å²) in [5.41, 5.74) is 11.1. The van der Waals surface area contributed by atoms with Crippen molar-refractivity contribution in [2.24, 2.45) is 11.5 Å². The number of hydrogen-bond donors (Lipinski definition) is 7. The lowest BCUT2D eigenvalue weighted by atomic mass is 10.0. The monoisotopic (exact) mass is 729 g/mol. The zero-order valence-electron chi connectivity index (χ0n) is 29.7. The number of nitrogens with two attached hydrogens (primary N) is 2. The summed E-state index contributed by atoms with van der Waals surface area (Å²) in [6.45, 7) is 0.804. The van der Waals surface area contributed by atoms with Crippen molar-refractivity contribution in [1.29, 1.82) is 0 Å². The Morgan fingerprint density at radius 1 is 0.960 bits per heavy atom. The first-order chi connectivity index (χ1) is 24.0. The number of fused-ring (bicyclic) bond motifs is 1. The van der Waals surface area contributed by atoms with Gasteiger partial charge < -0.3 is 52.4 Å². The van der Waals surface area contributed by atoms with Gasteiger partial charge in [0.05, 0.1) is 44.9 Å². The Balaban J connectivity index is 1.73. The molecule has 4 atom stereocenters. The third-order valence-electron chi connectivity index (χ3n) is 8.70. The van der Waals surface area contributed by atoms with Gasteiger partial charge in [0.25, 0.3) is 0 Å². The zero-order chi connectivity index (χ0) is 36.9. The fourth-order valence-corrected chi connectivity index (χ4v) is 7.41. The molecule has 0 aromatic carbocycles. The molecule has 0 spiro atoms. The van der Waals surface area contributed by atoms with Crippen LogP contribution < -0.4 is 32.7 Å². The molecule has 2 rings (SSSR count). The lowest BCUT2D eigenvalue weighted by Crippen LogP contribution is -2.52. The van der Waals surface area contributed by atoms with Crippen LogP contribution in [-0.4, -0.2) is 164 Å². The van der Waals surface area contributed by atoms with E-state index < -0.39 is 23.8 Å². The van der Waals surface area contributed by atoms with Crippen molar-refractivity contribution in [3.05, 3.63) is 0 Å². The standard InChI is InChI=1S/C32H59N9O8S/c1-39(14-8-6-12-33)20-28(45)40(15-17-42)21-29(46)41(16-18-49-2)19-27(44)36-23(31(34)47)9-5-7-13-35-26(43)11-4-3-10-25-30-24(22-50-25)37-32(48)38-30/h23-25,30,42H,3-22,33H2,1-2H3,(H2,34,47)(H,35,43)(H,36,44)(H2,37,38,48)/t23-,24-,25?,30-/m0/s1. The van der Waals surface area contributed by atoms with Crippen molar-refractivity contribution in [3.8, 4) is 0 Å². The Morgan fingerprint density at radius 3 is 2.40 bits per heavy atom. The van der Waals surface area contributed by atoms with Crippen LogP contribution in [0.1, 0.15) is 57.8 Å². The van der Waals surface area contributed by atoms with E-state index >= 15 is 0 Å². The molecule has 2 fully saturated rings. The molecule has 18 heteroatoms. The number of nitrogens with one attached hydrogen (secondary N) is 4. The van der Waals surface area contributed by atoms with Gasteiger partial charge in [0.1, 0.15) is 6.04 Å². The van der Waals surface area contributed by atoms with E-state index in [1.807, 2.05) is 16.7 Å². The Bertz CT molecular complexity index is 1100. The molecule has 0 aromatic heterocycles. The van der Waals surface area contributed by atoms with Crippen LogP contribution in [0.2, 0.25) is 0 Å². The van der Waals surface area contributed by atoms with Gasteiger partial charge in [-0.2, -0.15) is 11.8 Å². The van der Waals surface area contributed by atoms with E-state index in [1.165, 1.54) is 16.9 Å². The maximum absolute atomic E-state index is 13.2. The summed E-state index contributed by atoms with van der Waals surface area (Å²) in [6.07, 6.45) is 6.00. The first-order valence-corrected chi connectivity index (χ1v) is 18.6. The largest absolute Gasteiger partial charge is 0.395 e. The summed E-state index contributed by atoms with van der Waals surface area (Å²) < 4.78 is 5.10. The molecular formula is C32H59N9O8S. The van der Waals surface area contributed by atoms with Gasteiger partial charge in [-0.1, -0.05) is 6.42 Å². The SMILES string of the molecule is COCCN(CC(=O)N[C@@H](CCCCNC(=O)CCCCC1SC[C@@H]2NC(=O)N[C@H]12)C(N)=O)C(=O)CN(CCO)C(=O)CN(C)CCCCN. The molecule has 50 heavy (non-hydrogen) atoms. The first kappa shape index (κ1) is 43.0. The van der Waals surface area contributed by atoms with Crippen molar-refractivity contribution in [3.63, 3.8) is 0 Å². The maximum atomic E-state index is 13.2. The molecule has 2 aliphatic rings. The fraction of sp³-hybridized carbons (Fsp3) is 0.812. The molecule has 9 N–H and O–H groups in total. The second-order valence-corrected chi connectivity index (χ2v) is 14.1. The van der Waals surface area contributed by atoms with Gasteiger partial charge in [-0.05, 0) is 65.1 Å². The molecule has 0 saturated carbocycles. The topological polar surface area (TPSA) is 242 Å². The van der Waals surface area contributed by atoms with Crippen LogP contribution in [0.3, 0.4) is 0 Å². The number of ether oxygens (including phenoxy) is 1. The lowest BCUT2D eigenvalue weighted by Gasteiger charge is -2.28. The molecular weight excluding hydrogens is 670 g/mol. The van der Waals surface area contributed by atoms with Gasteiger partial charge in [0, 0.05) is 44.2 Å². The average molecular weight is 730 g/mol. The molecule has 0 radical (unpaired) electrons. The highest BCUT2D eigenvalue weighted by Gasteiger charge is 2.42. The van der Waals surface area contributed by atoms with Gasteiger partial charge >= 0.3 is 6.03 Å². The number of nitrogens with zero attached hydrogens (tertiary/aromatic N) is 3. The van der Waals surface area contributed by atoms with E-state index in [0.717, 1.165) is 37.9 Å². The minimum absolute atomic E-state index is 0.0454. The highest BCUT2D eigenvalue weighted by molar-refractivity contribution is 8.00.